The van der Waals surface area contributed by atoms with Crippen LogP contribution in [0.5, 0.6) is 11.5 Å². The molecule has 1 aromatic carbocycles. The molecule has 2 N–H and O–H groups in total. The second kappa shape index (κ2) is 6.86. The predicted octanol–water partition coefficient (Wildman–Crippen LogP) is 3.74. The minimum Gasteiger partial charge on any atom is -0.486 e. The van der Waals surface area contributed by atoms with Crippen molar-refractivity contribution in [1.29, 1.82) is 0 Å². The Balaban J connectivity index is 1.49. The molecule has 0 bridgehead atoms. The van der Waals surface area contributed by atoms with Gasteiger partial charge in [0.05, 0.1) is 17.4 Å². The molecule has 1 aliphatic carbocycles. The maximum Gasteiger partial charge on any atom is 0.319 e. The third-order valence-corrected chi connectivity index (χ3v) is 4.78. The van der Waals surface area contributed by atoms with Crippen LogP contribution >= 0.6 is 0 Å². The highest BCUT2D eigenvalue weighted by atomic mass is 16.6. The zero-order chi connectivity index (χ0) is 18.1. The lowest BCUT2D eigenvalue weighted by atomic mass is 10.0. The number of amides is 2. The Morgan fingerprint density at radius 3 is 2.62 bits per heavy atom. The number of hydrogen-bond acceptors (Lipinski definition) is 4. The van der Waals surface area contributed by atoms with Crippen LogP contribution in [0.2, 0.25) is 0 Å². The van der Waals surface area contributed by atoms with Crippen molar-refractivity contribution in [3.63, 3.8) is 0 Å². The maximum absolute atomic E-state index is 12.5. The molecule has 2 amide bonds. The molecule has 1 aliphatic heterocycles. The molecule has 26 heavy (non-hydrogen) atoms. The van der Waals surface area contributed by atoms with E-state index in [1.165, 1.54) is 0 Å². The van der Waals surface area contributed by atoms with Crippen molar-refractivity contribution in [1.82, 2.24) is 10.3 Å². The van der Waals surface area contributed by atoms with Gasteiger partial charge >= 0.3 is 6.03 Å². The van der Waals surface area contributed by atoms with Crippen LogP contribution < -0.4 is 20.1 Å². The first-order valence-corrected chi connectivity index (χ1v) is 9.01. The van der Waals surface area contributed by atoms with E-state index in [2.05, 4.69) is 15.6 Å². The number of aryl methyl sites for hydroxylation is 2. The zero-order valence-electron chi connectivity index (χ0n) is 15.0. The Morgan fingerprint density at radius 2 is 1.88 bits per heavy atom. The number of carbonyl (C=O) groups excluding carboxylic acids is 1. The second-order valence-electron chi connectivity index (χ2n) is 6.90. The van der Waals surface area contributed by atoms with Crippen molar-refractivity contribution < 1.29 is 14.3 Å². The third-order valence-electron chi connectivity index (χ3n) is 4.78. The predicted molar refractivity (Wildman–Crippen MR) is 98.8 cm³/mol. The summed E-state index contributed by atoms with van der Waals surface area (Å²) >= 11 is 0. The smallest absolute Gasteiger partial charge is 0.319 e. The van der Waals surface area contributed by atoms with E-state index in [1.807, 2.05) is 44.2 Å². The van der Waals surface area contributed by atoms with Gasteiger partial charge in [-0.25, -0.2) is 4.79 Å². The minimum atomic E-state index is -0.217. The average Bonchev–Trinajstić information content (AvgIpc) is 3.47. The van der Waals surface area contributed by atoms with E-state index in [-0.39, 0.29) is 12.1 Å². The van der Waals surface area contributed by atoms with Gasteiger partial charge in [-0.2, -0.15) is 0 Å². The Hall–Kier alpha value is -2.76. The van der Waals surface area contributed by atoms with Crippen LogP contribution in [0.4, 0.5) is 10.5 Å². The average molecular weight is 353 g/mol. The lowest BCUT2D eigenvalue weighted by molar-refractivity contribution is 0.171. The molecule has 0 saturated heterocycles. The number of nitrogens with zero attached hydrogens (tertiary/aromatic N) is 1. The normalized spacial score (nSPS) is 16.7. The van der Waals surface area contributed by atoms with Crippen molar-refractivity contribution in [3.05, 3.63) is 47.3 Å². The Morgan fingerprint density at radius 1 is 1.12 bits per heavy atom. The zero-order valence-corrected chi connectivity index (χ0v) is 15.0. The summed E-state index contributed by atoms with van der Waals surface area (Å²) < 4.78 is 11.3. The number of anilines is 1. The molecule has 4 rings (SSSR count). The summed E-state index contributed by atoms with van der Waals surface area (Å²) in [4.78, 5) is 16.9. The van der Waals surface area contributed by atoms with Crippen LogP contribution in [-0.4, -0.2) is 24.2 Å². The van der Waals surface area contributed by atoms with Crippen molar-refractivity contribution in [3.8, 4) is 11.5 Å². The van der Waals surface area contributed by atoms with Crippen molar-refractivity contribution in [2.24, 2.45) is 5.92 Å². The summed E-state index contributed by atoms with van der Waals surface area (Å²) in [5.74, 6) is 1.97. The summed E-state index contributed by atoms with van der Waals surface area (Å²) in [7, 11) is 0. The first-order chi connectivity index (χ1) is 12.6. The van der Waals surface area contributed by atoms with Gasteiger partial charge in [-0.1, -0.05) is 6.07 Å². The van der Waals surface area contributed by atoms with E-state index < -0.39 is 0 Å². The molecule has 6 nitrogen and oxygen atoms in total. The Labute approximate surface area is 152 Å². The SMILES string of the molecule is Cc1ccc(NC(=O)NC(c2ccc3c(c2)OCCO3)C2CC2)c(C)n1. The summed E-state index contributed by atoms with van der Waals surface area (Å²) in [6, 6.07) is 9.43. The van der Waals surface area contributed by atoms with Gasteiger partial charge in [0.25, 0.3) is 0 Å². The molecule has 1 saturated carbocycles. The quantitative estimate of drug-likeness (QED) is 0.878. The van der Waals surface area contributed by atoms with Crippen molar-refractivity contribution in [2.75, 3.05) is 18.5 Å². The Bertz CT molecular complexity index is 833. The summed E-state index contributed by atoms with van der Waals surface area (Å²) in [6.07, 6.45) is 2.23. The highest BCUT2D eigenvalue weighted by Gasteiger charge is 2.34. The molecule has 2 aliphatic rings. The molecule has 1 aromatic heterocycles. The van der Waals surface area contributed by atoms with E-state index in [0.717, 1.165) is 47.0 Å². The maximum atomic E-state index is 12.5. The molecule has 1 atom stereocenters. The monoisotopic (exact) mass is 353 g/mol. The highest BCUT2D eigenvalue weighted by Crippen LogP contribution is 2.43. The molecule has 136 valence electrons. The van der Waals surface area contributed by atoms with Gasteiger partial charge in [-0.15, -0.1) is 0 Å². The van der Waals surface area contributed by atoms with Gasteiger partial charge in [0.1, 0.15) is 13.2 Å². The molecular weight excluding hydrogens is 330 g/mol. The fourth-order valence-corrected chi connectivity index (χ4v) is 3.27. The van der Waals surface area contributed by atoms with E-state index in [1.54, 1.807) is 0 Å². The van der Waals surface area contributed by atoms with Crippen LogP contribution in [0.1, 0.15) is 35.8 Å². The van der Waals surface area contributed by atoms with Crippen LogP contribution in [0.15, 0.2) is 30.3 Å². The fourth-order valence-electron chi connectivity index (χ4n) is 3.27. The summed E-state index contributed by atoms with van der Waals surface area (Å²) in [5.41, 5.74) is 3.51. The third kappa shape index (κ3) is 3.59. The number of hydrogen-bond donors (Lipinski definition) is 2. The highest BCUT2D eigenvalue weighted by molar-refractivity contribution is 5.90. The molecule has 6 heteroatoms. The largest absolute Gasteiger partial charge is 0.486 e. The number of ether oxygens (including phenoxy) is 2. The molecule has 1 unspecified atom stereocenters. The van der Waals surface area contributed by atoms with E-state index in [0.29, 0.717) is 19.1 Å². The van der Waals surface area contributed by atoms with Gasteiger partial charge in [0.15, 0.2) is 11.5 Å². The lowest BCUT2D eigenvalue weighted by Crippen LogP contribution is -2.34. The number of urea groups is 1. The minimum absolute atomic E-state index is 0.0375. The molecule has 0 spiro atoms. The van der Waals surface area contributed by atoms with E-state index in [9.17, 15) is 4.79 Å². The summed E-state index contributed by atoms with van der Waals surface area (Å²) in [6.45, 7) is 4.95. The van der Waals surface area contributed by atoms with Gasteiger partial charge in [0.2, 0.25) is 0 Å². The fraction of sp³-hybridized carbons (Fsp3) is 0.400. The standard InChI is InChI=1S/C20H23N3O3/c1-12-3-7-16(13(2)21-12)22-20(24)23-19(14-4-5-14)15-6-8-17-18(11-15)26-10-9-25-17/h3,6-8,11,14,19H,4-5,9-10H2,1-2H3,(H2,22,23,24). The van der Waals surface area contributed by atoms with Crippen LogP contribution in [0, 0.1) is 19.8 Å². The molecule has 2 heterocycles. The van der Waals surface area contributed by atoms with Crippen molar-refractivity contribution >= 4 is 11.7 Å². The van der Waals surface area contributed by atoms with Crippen LogP contribution in [0.25, 0.3) is 0 Å². The first kappa shape index (κ1) is 16.7. The number of fused-ring (bicyclic) bond motifs is 1. The number of nitrogens with one attached hydrogen (secondary N) is 2. The lowest BCUT2D eigenvalue weighted by Gasteiger charge is -2.23. The van der Waals surface area contributed by atoms with E-state index >= 15 is 0 Å². The van der Waals surface area contributed by atoms with Gasteiger partial charge in [-0.3, -0.25) is 4.98 Å². The molecule has 2 aromatic rings. The summed E-state index contributed by atoms with van der Waals surface area (Å²) in [5, 5.41) is 6.03. The number of benzene rings is 1. The number of pyridine rings is 1. The number of aromatic nitrogens is 1. The molecule has 0 radical (unpaired) electrons. The van der Waals surface area contributed by atoms with Crippen molar-refractivity contribution in [2.45, 2.75) is 32.7 Å². The first-order valence-electron chi connectivity index (χ1n) is 9.01. The molecule has 1 fully saturated rings. The van der Waals surface area contributed by atoms with Gasteiger partial charge in [0, 0.05) is 5.69 Å². The van der Waals surface area contributed by atoms with E-state index in [4.69, 9.17) is 9.47 Å². The van der Waals surface area contributed by atoms with Crippen LogP contribution in [0.3, 0.4) is 0 Å². The van der Waals surface area contributed by atoms with Crippen LogP contribution in [-0.2, 0) is 0 Å². The second-order valence-corrected chi connectivity index (χ2v) is 6.90. The number of rotatable bonds is 4. The number of carbonyl (C=O) groups is 1. The molecular formula is C20H23N3O3. The topological polar surface area (TPSA) is 72.5 Å². The Kier molecular flexibility index (Phi) is 4.41. The van der Waals surface area contributed by atoms with Gasteiger partial charge in [-0.05, 0) is 62.4 Å². The van der Waals surface area contributed by atoms with Gasteiger partial charge < -0.3 is 20.1 Å².